The van der Waals surface area contributed by atoms with Gasteiger partial charge in [-0.15, -0.1) is 35.5 Å². The highest BCUT2D eigenvalue weighted by molar-refractivity contribution is 8.00. The number of likely N-dealkylation sites (tertiary alicyclic amines) is 1. The zero-order chi connectivity index (χ0) is 14.3. The number of carbonyl (C=O) groups excluding carboxylic acids is 1. The van der Waals surface area contributed by atoms with Crippen molar-refractivity contribution in [1.82, 2.24) is 10.2 Å². The Labute approximate surface area is 146 Å². The van der Waals surface area contributed by atoms with Crippen LogP contribution in [0.15, 0.2) is 11.4 Å². The van der Waals surface area contributed by atoms with Crippen LogP contribution in [-0.2, 0) is 11.2 Å². The molecule has 2 saturated heterocycles. The normalized spacial score (nSPS) is 26.5. The molecule has 1 amide bonds. The van der Waals surface area contributed by atoms with E-state index in [1.807, 2.05) is 23.1 Å². The molecule has 1 aromatic heterocycles. The fraction of sp³-hybridized carbons (Fsp3) is 0.688. The van der Waals surface area contributed by atoms with Crippen molar-refractivity contribution in [3.63, 3.8) is 0 Å². The van der Waals surface area contributed by atoms with Gasteiger partial charge in [0.2, 0.25) is 5.91 Å². The fourth-order valence-electron chi connectivity index (χ4n) is 3.94. The first kappa shape index (κ1) is 16.6. The Morgan fingerprint density at radius 2 is 2.14 bits per heavy atom. The third-order valence-corrected chi connectivity index (χ3v) is 7.59. The van der Waals surface area contributed by atoms with Gasteiger partial charge >= 0.3 is 0 Å². The van der Waals surface area contributed by atoms with Gasteiger partial charge < -0.3 is 10.2 Å². The Bertz CT molecular complexity index is 532. The molecule has 4 rings (SSSR count). The molecule has 6 heteroatoms. The molecule has 0 saturated carbocycles. The van der Waals surface area contributed by atoms with E-state index in [0.717, 1.165) is 38.4 Å². The van der Waals surface area contributed by atoms with E-state index in [9.17, 15) is 4.79 Å². The van der Waals surface area contributed by atoms with Gasteiger partial charge in [0.05, 0.1) is 0 Å². The molecule has 1 aromatic rings. The summed E-state index contributed by atoms with van der Waals surface area (Å²) in [6, 6.07) is 2.17. The summed E-state index contributed by atoms with van der Waals surface area (Å²) in [5.41, 5.74) is 1.79. The number of fused-ring (bicyclic) bond motifs is 1. The van der Waals surface area contributed by atoms with Gasteiger partial charge in [0, 0.05) is 24.5 Å². The van der Waals surface area contributed by atoms with Crippen molar-refractivity contribution >= 4 is 41.4 Å². The summed E-state index contributed by atoms with van der Waals surface area (Å²) < 4.78 is 0. The zero-order valence-electron chi connectivity index (χ0n) is 12.7. The Hall–Kier alpha value is -0.230. The monoisotopic (exact) mass is 358 g/mol. The van der Waals surface area contributed by atoms with Crippen LogP contribution in [0.1, 0.15) is 35.0 Å². The van der Waals surface area contributed by atoms with Crippen molar-refractivity contribution in [2.75, 3.05) is 31.9 Å². The third kappa shape index (κ3) is 2.93. The molecule has 1 spiro atoms. The topological polar surface area (TPSA) is 32.3 Å². The number of halogens is 1. The van der Waals surface area contributed by atoms with Crippen LogP contribution in [0.5, 0.6) is 0 Å². The standard InChI is InChI=1S/C16H22N2OS2.ClH/c19-15(14-12-1-9-20-13(12)2-10-21-14)18-7-4-16(5-8-18)3-6-17-11-16;/h1,9,14,17H,2-8,10-11H2;1H. The lowest BCUT2D eigenvalue weighted by Crippen LogP contribution is -2.45. The smallest absolute Gasteiger partial charge is 0.240 e. The van der Waals surface area contributed by atoms with E-state index < -0.39 is 0 Å². The Balaban J connectivity index is 0.00000144. The van der Waals surface area contributed by atoms with Crippen LogP contribution in [0.25, 0.3) is 0 Å². The van der Waals surface area contributed by atoms with Crippen molar-refractivity contribution in [3.05, 3.63) is 21.9 Å². The van der Waals surface area contributed by atoms with Gasteiger partial charge in [-0.3, -0.25) is 4.79 Å². The van der Waals surface area contributed by atoms with E-state index in [1.54, 1.807) is 0 Å². The number of aryl methyl sites for hydroxylation is 1. The van der Waals surface area contributed by atoms with Crippen LogP contribution >= 0.6 is 35.5 Å². The van der Waals surface area contributed by atoms with Crippen molar-refractivity contribution in [2.24, 2.45) is 5.41 Å². The summed E-state index contributed by atoms with van der Waals surface area (Å²) in [4.78, 5) is 16.5. The van der Waals surface area contributed by atoms with Gasteiger partial charge in [0.1, 0.15) is 5.25 Å². The maximum atomic E-state index is 12.9. The number of hydrogen-bond donors (Lipinski definition) is 1. The van der Waals surface area contributed by atoms with E-state index in [0.29, 0.717) is 11.3 Å². The molecule has 3 aliphatic rings. The molecule has 1 unspecified atom stereocenters. The van der Waals surface area contributed by atoms with Crippen LogP contribution in [0.4, 0.5) is 0 Å². The van der Waals surface area contributed by atoms with E-state index >= 15 is 0 Å². The lowest BCUT2D eigenvalue weighted by Gasteiger charge is -2.40. The largest absolute Gasteiger partial charge is 0.341 e. The van der Waals surface area contributed by atoms with Gasteiger partial charge in [0.25, 0.3) is 0 Å². The number of piperidine rings is 1. The maximum absolute atomic E-state index is 12.9. The summed E-state index contributed by atoms with van der Waals surface area (Å²) in [5.74, 6) is 1.45. The molecule has 122 valence electrons. The number of thioether (sulfide) groups is 1. The second-order valence-corrected chi connectivity index (χ2v) is 8.77. The minimum atomic E-state index is 0. The molecular weight excluding hydrogens is 336 g/mol. The second-order valence-electron chi connectivity index (χ2n) is 6.55. The van der Waals surface area contributed by atoms with Crippen molar-refractivity contribution in [2.45, 2.75) is 30.9 Å². The number of hydrogen-bond acceptors (Lipinski definition) is 4. The molecule has 3 aliphatic heterocycles. The molecule has 0 bridgehead atoms. The highest BCUT2D eigenvalue weighted by Gasteiger charge is 2.40. The number of carbonyl (C=O) groups is 1. The third-order valence-electron chi connectivity index (χ3n) is 5.37. The Kier molecular flexibility index (Phi) is 5.07. The van der Waals surface area contributed by atoms with Crippen LogP contribution in [0.3, 0.4) is 0 Å². The second kappa shape index (κ2) is 6.71. The van der Waals surface area contributed by atoms with Gasteiger partial charge in [-0.1, -0.05) is 0 Å². The van der Waals surface area contributed by atoms with Crippen molar-refractivity contribution in [3.8, 4) is 0 Å². The van der Waals surface area contributed by atoms with Crippen molar-refractivity contribution < 1.29 is 4.79 Å². The number of nitrogens with zero attached hydrogens (tertiary/aromatic N) is 1. The molecule has 2 fully saturated rings. The summed E-state index contributed by atoms with van der Waals surface area (Å²) in [5, 5.41) is 5.70. The lowest BCUT2D eigenvalue weighted by atomic mass is 9.78. The molecule has 0 radical (unpaired) electrons. The number of rotatable bonds is 1. The summed E-state index contributed by atoms with van der Waals surface area (Å²) in [6.07, 6.45) is 4.79. The molecule has 0 aliphatic carbocycles. The summed E-state index contributed by atoms with van der Waals surface area (Å²) in [7, 11) is 0. The van der Waals surface area contributed by atoms with Gasteiger partial charge in [-0.05, 0) is 60.4 Å². The predicted molar refractivity (Wildman–Crippen MR) is 96.2 cm³/mol. The molecule has 1 atom stereocenters. The Morgan fingerprint density at radius 3 is 2.86 bits per heavy atom. The minimum absolute atomic E-state index is 0. The average molecular weight is 359 g/mol. The minimum Gasteiger partial charge on any atom is -0.341 e. The van der Waals surface area contributed by atoms with E-state index in [-0.39, 0.29) is 17.7 Å². The Morgan fingerprint density at radius 1 is 1.32 bits per heavy atom. The quantitative estimate of drug-likeness (QED) is 0.837. The van der Waals surface area contributed by atoms with Crippen LogP contribution in [-0.4, -0.2) is 42.7 Å². The highest BCUT2D eigenvalue weighted by atomic mass is 35.5. The fourth-order valence-corrected chi connectivity index (χ4v) is 6.31. The average Bonchev–Trinajstić information content (AvgIpc) is 3.16. The number of thiophene rings is 1. The van der Waals surface area contributed by atoms with Crippen LogP contribution in [0.2, 0.25) is 0 Å². The van der Waals surface area contributed by atoms with E-state index in [2.05, 4.69) is 21.7 Å². The summed E-state index contributed by atoms with van der Waals surface area (Å²) >= 11 is 3.66. The number of amides is 1. The van der Waals surface area contributed by atoms with Gasteiger partial charge in [-0.2, -0.15) is 0 Å². The molecule has 3 nitrogen and oxygen atoms in total. The first-order valence-electron chi connectivity index (χ1n) is 7.95. The van der Waals surface area contributed by atoms with E-state index in [1.165, 1.54) is 29.7 Å². The first-order valence-corrected chi connectivity index (χ1v) is 9.88. The molecule has 0 aromatic carbocycles. The SMILES string of the molecule is Cl.O=C(C1SCCc2sccc21)N1CCC2(CCNC2)CC1. The van der Waals surface area contributed by atoms with Crippen LogP contribution < -0.4 is 5.32 Å². The molecular formula is C16H23ClN2OS2. The van der Waals surface area contributed by atoms with Gasteiger partial charge in [-0.25, -0.2) is 0 Å². The molecule has 4 heterocycles. The first-order chi connectivity index (χ1) is 10.3. The zero-order valence-corrected chi connectivity index (χ0v) is 15.1. The molecule has 1 N–H and O–H groups in total. The highest BCUT2D eigenvalue weighted by Crippen LogP contribution is 2.42. The maximum Gasteiger partial charge on any atom is 0.240 e. The van der Waals surface area contributed by atoms with Crippen LogP contribution in [0, 0.1) is 5.41 Å². The predicted octanol–water partition coefficient (Wildman–Crippen LogP) is 3.10. The lowest BCUT2D eigenvalue weighted by molar-refractivity contribution is -0.132. The number of nitrogens with one attached hydrogen (secondary N) is 1. The van der Waals surface area contributed by atoms with Crippen molar-refractivity contribution in [1.29, 1.82) is 0 Å². The van der Waals surface area contributed by atoms with Gasteiger partial charge in [0.15, 0.2) is 0 Å². The summed E-state index contributed by atoms with van der Waals surface area (Å²) in [6.45, 7) is 4.22. The molecule has 22 heavy (non-hydrogen) atoms. The van der Waals surface area contributed by atoms with E-state index in [4.69, 9.17) is 0 Å².